The van der Waals surface area contributed by atoms with Crippen molar-refractivity contribution in [3.05, 3.63) is 42.2 Å². The zero-order chi connectivity index (χ0) is 15.7. The van der Waals surface area contributed by atoms with Crippen LogP contribution < -0.4 is 5.73 Å². The molecule has 0 bridgehead atoms. The maximum absolute atomic E-state index is 12.9. The van der Waals surface area contributed by atoms with E-state index in [-0.39, 0.29) is 23.8 Å². The minimum absolute atomic E-state index is 0.0869. The van der Waals surface area contributed by atoms with Gasteiger partial charge in [0.2, 0.25) is 5.91 Å². The molecule has 114 valence electrons. The van der Waals surface area contributed by atoms with Crippen LogP contribution in [0.2, 0.25) is 0 Å². The van der Waals surface area contributed by atoms with Gasteiger partial charge in [-0.25, -0.2) is 0 Å². The van der Waals surface area contributed by atoms with Crippen molar-refractivity contribution in [2.75, 3.05) is 6.54 Å². The molecule has 1 saturated heterocycles. The van der Waals surface area contributed by atoms with E-state index in [2.05, 4.69) is 4.98 Å². The highest BCUT2D eigenvalue weighted by molar-refractivity contribution is 6.05. The number of carbonyl (C=O) groups is 2. The maximum atomic E-state index is 12.9. The molecular formula is C17H19N3O2. The van der Waals surface area contributed by atoms with E-state index in [1.54, 1.807) is 11.1 Å². The Kier molecular flexibility index (Phi) is 3.79. The summed E-state index contributed by atoms with van der Waals surface area (Å²) in [5.41, 5.74) is 5.85. The highest BCUT2D eigenvalue weighted by atomic mass is 16.2. The maximum Gasteiger partial charge on any atom is 0.273 e. The van der Waals surface area contributed by atoms with Crippen LogP contribution in [0.25, 0.3) is 10.8 Å². The van der Waals surface area contributed by atoms with Crippen molar-refractivity contribution in [1.29, 1.82) is 0 Å². The first-order valence-corrected chi connectivity index (χ1v) is 7.52. The van der Waals surface area contributed by atoms with Gasteiger partial charge in [-0.2, -0.15) is 0 Å². The quantitative estimate of drug-likeness (QED) is 0.920. The summed E-state index contributed by atoms with van der Waals surface area (Å²) in [5.74, 6) is -0.735. The molecule has 3 rings (SSSR count). The summed E-state index contributed by atoms with van der Waals surface area (Å²) in [4.78, 5) is 30.4. The molecule has 2 amide bonds. The Morgan fingerprint density at radius 2 is 2.00 bits per heavy atom. The van der Waals surface area contributed by atoms with Gasteiger partial charge in [-0.15, -0.1) is 0 Å². The van der Waals surface area contributed by atoms with Gasteiger partial charge >= 0.3 is 0 Å². The van der Waals surface area contributed by atoms with Gasteiger partial charge < -0.3 is 10.6 Å². The number of hydrogen-bond donors (Lipinski definition) is 1. The van der Waals surface area contributed by atoms with Crippen LogP contribution in [0.3, 0.4) is 0 Å². The van der Waals surface area contributed by atoms with Gasteiger partial charge in [-0.1, -0.05) is 24.3 Å². The number of piperidine rings is 1. The number of pyridine rings is 1. The molecule has 1 aromatic carbocycles. The van der Waals surface area contributed by atoms with Crippen LogP contribution in [-0.2, 0) is 4.79 Å². The number of benzene rings is 1. The summed E-state index contributed by atoms with van der Waals surface area (Å²) in [6, 6.07) is 9.66. The van der Waals surface area contributed by atoms with Crippen molar-refractivity contribution in [2.45, 2.75) is 25.8 Å². The number of amides is 2. The molecule has 1 aliphatic heterocycles. The van der Waals surface area contributed by atoms with E-state index in [1.165, 1.54) is 0 Å². The first-order chi connectivity index (χ1) is 10.6. The molecule has 22 heavy (non-hydrogen) atoms. The highest BCUT2D eigenvalue weighted by Crippen LogP contribution is 2.25. The molecule has 1 aliphatic rings. The second kappa shape index (κ2) is 5.75. The van der Waals surface area contributed by atoms with Gasteiger partial charge in [-0.3, -0.25) is 14.6 Å². The third-order valence-corrected chi connectivity index (χ3v) is 4.42. The van der Waals surface area contributed by atoms with Crippen molar-refractivity contribution >= 4 is 22.6 Å². The van der Waals surface area contributed by atoms with Crippen LogP contribution in [0.1, 0.15) is 30.3 Å². The number of nitrogens with zero attached hydrogens (tertiary/aromatic N) is 2. The molecule has 2 atom stereocenters. The van der Waals surface area contributed by atoms with E-state index < -0.39 is 0 Å². The lowest BCUT2D eigenvalue weighted by Crippen LogP contribution is -2.48. The number of nitrogens with two attached hydrogens (primary N) is 1. The fourth-order valence-corrected chi connectivity index (χ4v) is 3.05. The largest absolute Gasteiger partial charge is 0.369 e. The van der Waals surface area contributed by atoms with E-state index in [0.29, 0.717) is 12.2 Å². The van der Waals surface area contributed by atoms with Crippen LogP contribution in [0.15, 0.2) is 36.5 Å². The second-order valence-corrected chi connectivity index (χ2v) is 5.86. The van der Waals surface area contributed by atoms with E-state index >= 15 is 0 Å². The van der Waals surface area contributed by atoms with Gasteiger partial charge in [-0.05, 0) is 31.2 Å². The molecule has 2 heterocycles. The molecule has 0 unspecified atom stereocenters. The van der Waals surface area contributed by atoms with Crippen molar-refractivity contribution in [2.24, 2.45) is 11.7 Å². The van der Waals surface area contributed by atoms with E-state index in [1.807, 2.05) is 37.3 Å². The zero-order valence-corrected chi connectivity index (χ0v) is 12.5. The lowest BCUT2D eigenvalue weighted by Gasteiger charge is -2.36. The fourth-order valence-electron chi connectivity index (χ4n) is 3.05. The monoisotopic (exact) mass is 297 g/mol. The highest BCUT2D eigenvalue weighted by Gasteiger charge is 2.33. The second-order valence-electron chi connectivity index (χ2n) is 5.86. The Bertz CT molecular complexity index is 723. The van der Waals surface area contributed by atoms with Crippen LogP contribution in [-0.4, -0.2) is 34.3 Å². The summed E-state index contributed by atoms with van der Waals surface area (Å²) in [6.45, 7) is 2.38. The van der Waals surface area contributed by atoms with Gasteiger partial charge in [0.25, 0.3) is 5.91 Å². The van der Waals surface area contributed by atoms with Crippen molar-refractivity contribution < 1.29 is 9.59 Å². The van der Waals surface area contributed by atoms with Crippen LogP contribution in [0.4, 0.5) is 0 Å². The Morgan fingerprint density at radius 1 is 1.23 bits per heavy atom. The fraction of sp³-hybridized carbons (Fsp3) is 0.353. The predicted octanol–water partition coefficient (Wildman–Crippen LogP) is 1.96. The average molecular weight is 297 g/mol. The summed E-state index contributed by atoms with van der Waals surface area (Å²) in [5, 5.41) is 1.82. The molecule has 0 radical (unpaired) electrons. The Hall–Kier alpha value is -2.43. The normalized spacial score (nSPS) is 21.8. The van der Waals surface area contributed by atoms with E-state index in [0.717, 1.165) is 23.6 Å². The molecule has 5 nitrogen and oxygen atoms in total. The molecular weight excluding hydrogens is 278 g/mol. The number of rotatable bonds is 2. The molecule has 0 spiro atoms. The third-order valence-electron chi connectivity index (χ3n) is 4.42. The number of fused-ring (bicyclic) bond motifs is 1. The Labute approximate surface area is 129 Å². The average Bonchev–Trinajstić information content (AvgIpc) is 2.54. The standard InChI is InChI=1S/C17H19N3O2/c1-11-6-7-13(16(18)21)10-20(11)17(22)15-14-5-3-2-4-12(14)8-9-19-15/h2-5,8-9,11,13H,6-7,10H2,1H3,(H2,18,21)/t11-,13-/m1/s1. The lowest BCUT2D eigenvalue weighted by molar-refractivity contribution is -0.123. The van der Waals surface area contributed by atoms with E-state index in [9.17, 15) is 9.59 Å². The van der Waals surface area contributed by atoms with Gasteiger partial charge in [0.1, 0.15) is 5.69 Å². The minimum atomic E-state index is -0.337. The van der Waals surface area contributed by atoms with Crippen molar-refractivity contribution in [3.8, 4) is 0 Å². The summed E-state index contributed by atoms with van der Waals surface area (Å²) >= 11 is 0. The molecule has 5 heteroatoms. The number of likely N-dealkylation sites (tertiary alicyclic amines) is 1. The molecule has 0 saturated carbocycles. The first-order valence-electron chi connectivity index (χ1n) is 7.52. The van der Waals surface area contributed by atoms with Gasteiger partial charge in [0.15, 0.2) is 0 Å². The SMILES string of the molecule is C[C@@H]1CC[C@@H](C(N)=O)CN1C(=O)c1nccc2ccccc12. The summed E-state index contributed by atoms with van der Waals surface area (Å²) < 4.78 is 0. The predicted molar refractivity (Wildman–Crippen MR) is 84.2 cm³/mol. The first kappa shape index (κ1) is 14.5. The molecule has 1 aromatic heterocycles. The number of carbonyl (C=O) groups excluding carboxylic acids is 2. The van der Waals surface area contributed by atoms with Crippen molar-refractivity contribution in [3.63, 3.8) is 0 Å². The van der Waals surface area contributed by atoms with Gasteiger partial charge in [0.05, 0.1) is 5.92 Å². The summed E-state index contributed by atoms with van der Waals surface area (Å²) in [6.07, 6.45) is 3.17. The topological polar surface area (TPSA) is 76.3 Å². The van der Waals surface area contributed by atoms with Crippen molar-refractivity contribution in [1.82, 2.24) is 9.88 Å². The lowest BCUT2D eigenvalue weighted by atomic mass is 9.92. The van der Waals surface area contributed by atoms with Gasteiger partial charge in [0, 0.05) is 24.2 Å². The number of aromatic nitrogens is 1. The smallest absolute Gasteiger partial charge is 0.273 e. The molecule has 0 aliphatic carbocycles. The van der Waals surface area contributed by atoms with Crippen LogP contribution in [0.5, 0.6) is 0 Å². The zero-order valence-electron chi connectivity index (χ0n) is 12.5. The Balaban J connectivity index is 1.96. The van der Waals surface area contributed by atoms with Crippen LogP contribution >= 0.6 is 0 Å². The molecule has 2 aromatic rings. The molecule has 1 fully saturated rings. The third kappa shape index (κ3) is 2.54. The number of primary amides is 1. The summed E-state index contributed by atoms with van der Waals surface area (Å²) in [7, 11) is 0. The minimum Gasteiger partial charge on any atom is -0.369 e. The Morgan fingerprint density at radius 3 is 2.77 bits per heavy atom. The molecule has 2 N–H and O–H groups in total. The van der Waals surface area contributed by atoms with Crippen LogP contribution in [0, 0.1) is 5.92 Å². The number of hydrogen-bond acceptors (Lipinski definition) is 3. The van der Waals surface area contributed by atoms with E-state index in [4.69, 9.17) is 5.73 Å².